The second-order valence-electron chi connectivity index (χ2n) is 3.75. The Bertz CT molecular complexity index is 472. The molecule has 0 radical (unpaired) electrons. The van der Waals surface area contributed by atoms with Crippen molar-refractivity contribution in [3.05, 3.63) is 33.8 Å². The summed E-state index contributed by atoms with van der Waals surface area (Å²) in [6.45, 7) is 1.88. The lowest BCUT2D eigenvalue weighted by Crippen LogP contribution is -2.38. The van der Waals surface area contributed by atoms with E-state index in [-0.39, 0.29) is 5.91 Å². The summed E-state index contributed by atoms with van der Waals surface area (Å²) in [5, 5.41) is 8.89. The highest BCUT2D eigenvalue weighted by molar-refractivity contribution is 9.10. The first-order valence-electron chi connectivity index (χ1n) is 4.83. The number of hydrogen-bond donors (Lipinski definition) is 1. The van der Waals surface area contributed by atoms with Crippen molar-refractivity contribution >= 4 is 27.8 Å². The minimum absolute atomic E-state index is 0.216. The molecule has 1 N–H and O–H groups in total. The molecule has 16 heavy (non-hydrogen) atoms. The summed E-state index contributed by atoms with van der Waals surface area (Å²) in [5.41, 5.74) is 1.46. The Kier molecular flexibility index (Phi) is 2.71. The summed E-state index contributed by atoms with van der Waals surface area (Å²) < 4.78 is 0.824. The summed E-state index contributed by atoms with van der Waals surface area (Å²) in [4.78, 5) is 24.1. The SMILES string of the molecule is CC(C(=O)O)N1Cc2ccc(Br)cc2C1=O. The fraction of sp³-hybridized carbons (Fsp3) is 0.273. The van der Waals surface area contributed by atoms with Gasteiger partial charge in [-0.25, -0.2) is 4.79 Å². The number of rotatable bonds is 2. The fourth-order valence-corrected chi connectivity index (χ4v) is 2.10. The van der Waals surface area contributed by atoms with Gasteiger partial charge in [0, 0.05) is 16.6 Å². The molecule has 84 valence electrons. The third-order valence-electron chi connectivity index (χ3n) is 2.73. The third-order valence-corrected chi connectivity index (χ3v) is 3.22. The number of benzene rings is 1. The number of fused-ring (bicyclic) bond motifs is 1. The lowest BCUT2D eigenvalue weighted by atomic mass is 10.1. The maximum atomic E-state index is 11.9. The van der Waals surface area contributed by atoms with Crippen LogP contribution < -0.4 is 0 Å². The summed E-state index contributed by atoms with van der Waals surface area (Å²) in [6, 6.07) is 4.62. The highest BCUT2D eigenvalue weighted by Gasteiger charge is 2.33. The van der Waals surface area contributed by atoms with Crippen molar-refractivity contribution < 1.29 is 14.7 Å². The molecule has 1 amide bonds. The molecule has 0 saturated carbocycles. The van der Waals surface area contributed by atoms with Gasteiger partial charge in [-0.3, -0.25) is 4.79 Å². The van der Waals surface area contributed by atoms with Crippen LogP contribution in [0, 0.1) is 0 Å². The van der Waals surface area contributed by atoms with E-state index in [9.17, 15) is 9.59 Å². The van der Waals surface area contributed by atoms with Gasteiger partial charge in [0.15, 0.2) is 0 Å². The first-order chi connectivity index (χ1) is 7.50. The quantitative estimate of drug-likeness (QED) is 0.902. The Labute approximate surface area is 101 Å². The normalized spacial score (nSPS) is 16.1. The van der Waals surface area contributed by atoms with E-state index >= 15 is 0 Å². The lowest BCUT2D eigenvalue weighted by molar-refractivity contribution is -0.141. The molecular weight excluding hydrogens is 274 g/mol. The first-order valence-corrected chi connectivity index (χ1v) is 5.62. The molecule has 4 nitrogen and oxygen atoms in total. The van der Waals surface area contributed by atoms with E-state index in [1.165, 1.54) is 11.8 Å². The maximum absolute atomic E-state index is 11.9. The molecule has 0 fully saturated rings. The molecule has 1 heterocycles. The van der Waals surface area contributed by atoms with Gasteiger partial charge in [0.2, 0.25) is 0 Å². The molecule has 5 heteroatoms. The molecule has 0 aliphatic carbocycles. The molecule has 1 aromatic rings. The standard InChI is InChI=1S/C11H10BrNO3/c1-6(11(15)16)13-5-7-2-3-8(12)4-9(7)10(13)14/h2-4,6H,5H2,1H3,(H,15,16). The van der Waals surface area contributed by atoms with Crippen LogP contribution >= 0.6 is 15.9 Å². The van der Waals surface area contributed by atoms with Gasteiger partial charge in [-0.15, -0.1) is 0 Å². The Hall–Kier alpha value is -1.36. The van der Waals surface area contributed by atoms with Crippen LogP contribution in [0.2, 0.25) is 0 Å². The van der Waals surface area contributed by atoms with E-state index in [1.807, 2.05) is 12.1 Å². The topological polar surface area (TPSA) is 57.6 Å². The van der Waals surface area contributed by atoms with Gasteiger partial charge in [0.1, 0.15) is 6.04 Å². The summed E-state index contributed by atoms with van der Waals surface area (Å²) >= 11 is 3.29. The van der Waals surface area contributed by atoms with E-state index in [0.717, 1.165) is 10.0 Å². The van der Waals surface area contributed by atoms with Gasteiger partial charge in [-0.2, -0.15) is 0 Å². The summed E-state index contributed by atoms with van der Waals surface area (Å²) in [7, 11) is 0. The van der Waals surface area contributed by atoms with Gasteiger partial charge in [-0.1, -0.05) is 22.0 Å². The largest absolute Gasteiger partial charge is 0.480 e. The van der Waals surface area contributed by atoms with Crippen molar-refractivity contribution in [2.45, 2.75) is 19.5 Å². The highest BCUT2D eigenvalue weighted by atomic mass is 79.9. The van der Waals surface area contributed by atoms with Crippen LogP contribution in [0.15, 0.2) is 22.7 Å². The average molecular weight is 284 g/mol. The van der Waals surface area contributed by atoms with Gasteiger partial charge in [0.05, 0.1) is 0 Å². The lowest BCUT2D eigenvalue weighted by Gasteiger charge is -2.19. The molecule has 0 saturated heterocycles. The number of hydrogen-bond acceptors (Lipinski definition) is 2. The number of aliphatic carboxylic acids is 1. The molecule has 2 rings (SSSR count). The smallest absolute Gasteiger partial charge is 0.326 e. The molecule has 1 atom stereocenters. The van der Waals surface area contributed by atoms with E-state index in [4.69, 9.17) is 5.11 Å². The van der Waals surface area contributed by atoms with Gasteiger partial charge >= 0.3 is 5.97 Å². The summed E-state index contributed by atoms with van der Waals surface area (Å²) in [6.07, 6.45) is 0. The molecular formula is C11H10BrNO3. The van der Waals surface area contributed by atoms with Gasteiger partial charge in [-0.05, 0) is 24.6 Å². The number of carbonyl (C=O) groups is 2. The van der Waals surface area contributed by atoms with Crippen molar-refractivity contribution in [3.63, 3.8) is 0 Å². The Morgan fingerprint density at radius 3 is 2.88 bits per heavy atom. The van der Waals surface area contributed by atoms with Crippen molar-refractivity contribution in [1.82, 2.24) is 4.90 Å². The van der Waals surface area contributed by atoms with E-state index < -0.39 is 12.0 Å². The Balaban J connectivity index is 2.34. The monoisotopic (exact) mass is 283 g/mol. The number of carboxylic acids is 1. The number of amides is 1. The Morgan fingerprint density at radius 2 is 2.25 bits per heavy atom. The van der Waals surface area contributed by atoms with Crippen LogP contribution in [-0.2, 0) is 11.3 Å². The van der Waals surface area contributed by atoms with E-state index in [0.29, 0.717) is 12.1 Å². The number of halogens is 1. The van der Waals surface area contributed by atoms with Gasteiger partial charge in [0.25, 0.3) is 5.91 Å². The zero-order chi connectivity index (χ0) is 11.9. The minimum Gasteiger partial charge on any atom is -0.480 e. The molecule has 0 bridgehead atoms. The zero-order valence-corrected chi connectivity index (χ0v) is 10.2. The maximum Gasteiger partial charge on any atom is 0.326 e. The molecule has 0 aromatic heterocycles. The number of nitrogens with zero attached hydrogens (tertiary/aromatic N) is 1. The van der Waals surface area contributed by atoms with E-state index in [1.54, 1.807) is 6.07 Å². The van der Waals surface area contributed by atoms with Crippen LogP contribution in [0.5, 0.6) is 0 Å². The average Bonchev–Trinajstić information content (AvgIpc) is 2.55. The molecule has 1 aromatic carbocycles. The van der Waals surface area contributed by atoms with Gasteiger partial charge < -0.3 is 10.0 Å². The van der Waals surface area contributed by atoms with Crippen molar-refractivity contribution in [2.24, 2.45) is 0 Å². The van der Waals surface area contributed by atoms with Crippen LogP contribution in [0.25, 0.3) is 0 Å². The second-order valence-corrected chi connectivity index (χ2v) is 4.66. The van der Waals surface area contributed by atoms with Crippen LogP contribution in [0.3, 0.4) is 0 Å². The Morgan fingerprint density at radius 1 is 1.56 bits per heavy atom. The predicted octanol–water partition coefficient (Wildman–Crippen LogP) is 1.88. The van der Waals surface area contributed by atoms with Crippen molar-refractivity contribution in [3.8, 4) is 0 Å². The molecule has 0 spiro atoms. The van der Waals surface area contributed by atoms with E-state index in [2.05, 4.69) is 15.9 Å². The highest BCUT2D eigenvalue weighted by Crippen LogP contribution is 2.27. The van der Waals surface area contributed by atoms with Crippen molar-refractivity contribution in [2.75, 3.05) is 0 Å². The fourth-order valence-electron chi connectivity index (χ4n) is 1.74. The zero-order valence-electron chi connectivity index (χ0n) is 8.61. The number of carbonyl (C=O) groups excluding carboxylic acids is 1. The second kappa shape index (κ2) is 3.90. The van der Waals surface area contributed by atoms with Crippen LogP contribution in [0.1, 0.15) is 22.8 Å². The molecule has 1 aliphatic rings. The number of carboxylic acid groups (broad SMARTS) is 1. The minimum atomic E-state index is -0.986. The van der Waals surface area contributed by atoms with Crippen LogP contribution in [0.4, 0.5) is 0 Å². The first kappa shape index (κ1) is 11.1. The van der Waals surface area contributed by atoms with Crippen molar-refractivity contribution in [1.29, 1.82) is 0 Å². The molecule has 1 aliphatic heterocycles. The van der Waals surface area contributed by atoms with Crippen LogP contribution in [-0.4, -0.2) is 27.9 Å². The summed E-state index contributed by atoms with van der Waals surface area (Å²) in [5.74, 6) is -1.20. The molecule has 1 unspecified atom stereocenters. The predicted molar refractivity (Wildman–Crippen MR) is 61.1 cm³/mol. The third kappa shape index (κ3) is 1.71.